The van der Waals surface area contributed by atoms with E-state index in [1.165, 1.54) is 12.1 Å². The third kappa shape index (κ3) is 3.97. The first-order valence-corrected chi connectivity index (χ1v) is 9.75. The van der Waals surface area contributed by atoms with E-state index in [9.17, 15) is 14.0 Å². The van der Waals surface area contributed by atoms with Crippen LogP contribution < -0.4 is 21.8 Å². The fraction of sp³-hybridized carbons (Fsp3) is 0.400. The molecule has 1 aromatic heterocycles. The fourth-order valence-electron chi connectivity index (χ4n) is 3.54. The van der Waals surface area contributed by atoms with Gasteiger partial charge in [-0.25, -0.2) is 9.87 Å². The minimum absolute atomic E-state index is 0.194. The Hall–Kier alpha value is -2.61. The largest absolute Gasteiger partial charge is 0.352 e. The number of hydrogen-bond donors (Lipinski definition) is 2. The Bertz CT molecular complexity index is 972. The van der Waals surface area contributed by atoms with Crippen molar-refractivity contribution < 1.29 is 14.0 Å². The zero-order chi connectivity index (χ0) is 19.7. The van der Waals surface area contributed by atoms with Crippen LogP contribution in [0.25, 0.3) is 0 Å². The molecule has 1 aliphatic heterocycles. The molecule has 0 saturated heterocycles. The van der Waals surface area contributed by atoms with Gasteiger partial charge < -0.3 is 9.88 Å². The van der Waals surface area contributed by atoms with Crippen molar-refractivity contribution in [1.82, 2.24) is 10.0 Å². The highest BCUT2D eigenvalue weighted by Crippen LogP contribution is 2.29. The Morgan fingerprint density at radius 1 is 1.25 bits per heavy atom. The predicted molar refractivity (Wildman–Crippen MR) is 108 cm³/mol. The summed E-state index contributed by atoms with van der Waals surface area (Å²) in [4.78, 5) is 30.8. The van der Waals surface area contributed by atoms with Gasteiger partial charge in [0, 0.05) is 18.3 Å². The van der Waals surface area contributed by atoms with Gasteiger partial charge in [-0.3, -0.25) is 14.4 Å². The van der Waals surface area contributed by atoms with Gasteiger partial charge in [-0.05, 0) is 50.2 Å². The molecule has 6 nitrogen and oxygen atoms in total. The van der Waals surface area contributed by atoms with Crippen LogP contribution in [0.5, 0.6) is 0 Å². The normalized spacial score (nSPS) is 15.8. The molecule has 28 heavy (non-hydrogen) atoms. The average molecular weight is 383 g/mol. The Morgan fingerprint density at radius 2 is 2.07 bits per heavy atom. The average Bonchev–Trinajstić information content (AvgIpc) is 3.48. The second kappa shape index (κ2) is 7.79. The lowest BCUT2D eigenvalue weighted by atomic mass is 9.96. The number of hydroxylamine groups is 1. The Kier molecular flexibility index (Phi) is 5.22. The Balaban J connectivity index is 1.69. The first-order chi connectivity index (χ1) is 13.5. The van der Waals surface area contributed by atoms with Crippen molar-refractivity contribution >= 4 is 30.6 Å². The summed E-state index contributed by atoms with van der Waals surface area (Å²) < 4.78 is 16.0. The summed E-state index contributed by atoms with van der Waals surface area (Å²) in [6, 6.07) is 6.15. The number of anilines is 2. The maximum atomic E-state index is 14.3. The molecule has 8 heteroatoms. The summed E-state index contributed by atoms with van der Waals surface area (Å²) in [5.74, 6) is -0.345. The molecule has 1 aromatic carbocycles. The van der Waals surface area contributed by atoms with Gasteiger partial charge in [0.1, 0.15) is 13.7 Å². The van der Waals surface area contributed by atoms with Crippen LogP contribution in [0.15, 0.2) is 29.1 Å². The van der Waals surface area contributed by atoms with Gasteiger partial charge in [-0.1, -0.05) is 11.5 Å². The molecule has 0 unspecified atom stereocenters. The van der Waals surface area contributed by atoms with Crippen LogP contribution in [-0.2, 0) is 17.8 Å². The summed E-state index contributed by atoms with van der Waals surface area (Å²) >= 11 is 0. The number of fused-ring (bicyclic) bond motifs is 1. The molecule has 146 valence electrons. The molecule has 2 N–H and O–H groups in total. The van der Waals surface area contributed by atoms with Crippen LogP contribution in [0.3, 0.4) is 0 Å². The lowest BCUT2D eigenvalue weighted by Crippen LogP contribution is -2.33. The molecular formula is C20H23BFN3O3. The molecule has 0 bridgehead atoms. The second-order valence-electron chi connectivity index (χ2n) is 7.62. The van der Waals surface area contributed by atoms with E-state index in [0.717, 1.165) is 31.1 Å². The third-order valence-electron chi connectivity index (χ3n) is 5.26. The topological polar surface area (TPSA) is 72.4 Å². The number of nitrogens with one attached hydrogen (secondary N) is 2. The van der Waals surface area contributed by atoms with Crippen LogP contribution in [0.2, 0.25) is 0 Å². The van der Waals surface area contributed by atoms with Gasteiger partial charge in [-0.2, -0.15) is 0 Å². The number of halogens is 1. The summed E-state index contributed by atoms with van der Waals surface area (Å²) in [6.07, 6.45) is 4.64. The van der Waals surface area contributed by atoms with Crippen molar-refractivity contribution in [3.05, 3.63) is 51.7 Å². The lowest BCUT2D eigenvalue weighted by Gasteiger charge is -2.23. The highest BCUT2D eigenvalue weighted by Gasteiger charge is 2.26. The number of pyridine rings is 1. The van der Waals surface area contributed by atoms with E-state index in [-0.39, 0.29) is 11.2 Å². The molecule has 4 rings (SSSR count). The molecule has 1 fully saturated rings. The molecule has 1 saturated carbocycles. The fourth-order valence-corrected chi connectivity index (χ4v) is 3.54. The number of hydrogen-bond acceptors (Lipinski definition) is 4. The minimum atomic E-state index is -0.436. The molecule has 0 atom stereocenters. The molecule has 0 radical (unpaired) electrons. The minimum Gasteiger partial charge on any atom is -0.352 e. The summed E-state index contributed by atoms with van der Waals surface area (Å²) in [5.41, 5.74) is 4.63. The predicted octanol–water partition coefficient (Wildman–Crippen LogP) is 1.40. The summed E-state index contributed by atoms with van der Waals surface area (Å²) in [7, 11) is 1.80. The van der Waals surface area contributed by atoms with Crippen molar-refractivity contribution in [2.45, 2.75) is 38.6 Å². The highest BCUT2D eigenvalue weighted by molar-refractivity contribution is 6.32. The van der Waals surface area contributed by atoms with Crippen molar-refractivity contribution in [3.8, 4) is 0 Å². The van der Waals surface area contributed by atoms with Crippen molar-refractivity contribution in [2.24, 2.45) is 5.92 Å². The van der Waals surface area contributed by atoms with Crippen LogP contribution >= 0.6 is 0 Å². The van der Waals surface area contributed by atoms with Crippen LogP contribution in [-0.4, -0.2) is 24.9 Å². The van der Waals surface area contributed by atoms with Gasteiger partial charge in [-0.15, -0.1) is 0 Å². The number of aromatic nitrogens is 1. The molecule has 2 aliphatic rings. The van der Waals surface area contributed by atoms with E-state index in [4.69, 9.17) is 4.84 Å². The van der Waals surface area contributed by atoms with Gasteiger partial charge in [0.05, 0.1) is 23.5 Å². The number of nitrogens with zero attached hydrogens (tertiary/aromatic N) is 1. The van der Waals surface area contributed by atoms with Gasteiger partial charge in [0.25, 0.3) is 11.5 Å². The molecule has 1 aliphatic carbocycles. The molecular weight excluding hydrogens is 360 g/mol. The standard InChI is InChI=1S/C20H23BFN3O3/c21-13-6-7-15(14(22)9-13)23-16-10-18(26)25-8-2-1-3-17(25)19(16)20(27)24-28-11-12-4-5-12/h6-7,9-10,12,23H,1-5,8,11,21H2,(H,24,27). The third-order valence-corrected chi connectivity index (χ3v) is 5.26. The van der Waals surface area contributed by atoms with E-state index in [1.54, 1.807) is 24.5 Å². The van der Waals surface area contributed by atoms with E-state index in [1.807, 2.05) is 0 Å². The number of rotatable bonds is 6. The van der Waals surface area contributed by atoms with Crippen LogP contribution in [0.1, 0.15) is 41.7 Å². The monoisotopic (exact) mass is 383 g/mol. The van der Waals surface area contributed by atoms with Crippen LogP contribution in [0, 0.1) is 11.7 Å². The van der Waals surface area contributed by atoms with Crippen molar-refractivity contribution in [2.75, 3.05) is 11.9 Å². The zero-order valence-corrected chi connectivity index (χ0v) is 15.9. The van der Waals surface area contributed by atoms with Crippen molar-refractivity contribution in [3.63, 3.8) is 0 Å². The second-order valence-corrected chi connectivity index (χ2v) is 7.62. The smallest absolute Gasteiger partial charge is 0.278 e. The first kappa shape index (κ1) is 18.7. The van der Waals surface area contributed by atoms with Crippen molar-refractivity contribution in [1.29, 1.82) is 0 Å². The van der Waals surface area contributed by atoms with Gasteiger partial charge in [0.15, 0.2) is 0 Å². The Morgan fingerprint density at radius 3 is 2.82 bits per heavy atom. The summed E-state index contributed by atoms with van der Waals surface area (Å²) in [6.45, 7) is 1.06. The van der Waals surface area contributed by atoms with E-state index < -0.39 is 11.7 Å². The van der Waals surface area contributed by atoms with E-state index in [0.29, 0.717) is 42.4 Å². The number of carbonyl (C=O) groups is 1. The van der Waals surface area contributed by atoms with E-state index >= 15 is 0 Å². The van der Waals surface area contributed by atoms with E-state index in [2.05, 4.69) is 10.8 Å². The number of amides is 1. The molecule has 2 aromatic rings. The summed E-state index contributed by atoms with van der Waals surface area (Å²) in [5, 5.41) is 2.95. The Labute approximate surface area is 163 Å². The zero-order valence-electron chi connectivity index (χ0n) is 15.9. The van der Waals surface area contributed by atoms with Gasteiger partial charge in [0.2, 0.25) is 0 Å². The maximum absolute atomic E-state index is 14.3. The molecule has 2 heterocycles. The lowest BCUT2D eigenvalue weighted by molar-refractivity contribution is 0.0269. The highest BCUT2D eigenvalue weighted by atomic mass is 19.1. The van der Waals surface area contributed by atoms with Gasteiger partial charge >= 0.3 is 0 Å². The first-order valence-electron chi connectivity index (χ1n) is 9.75. The number of carbonyl (C=O) groups excluding carboxylic acids is 1. The molecule has 1 amide bonds. The quantitative estimate of drug-likeness (QED) is 0.584. The number of benzene rings is 1. The molecule has 0 spiro atoms. The van der Waals surface area contributed by atoms with Crippen LogP contribution in [0.4, 0.5) is 15.8 Å². The maximum Gasteiger partial charge on any atom is 0.278 e. The SMILES string of the molecule is Bc1ccc(Nc2cc(=O)n3c(c2C(=O)NOCC2CC2)CCCC3)c(F)c1.